The minimum absolute atomic E-state index is 0.0714. The smallest absolute Gasteiger partial charge is 0.417 e. The van der Waals surface area contributed by atoms with Crippen molar-refractivity contribution in [3.63, 3.8) is 0 Å². The summed E-state index contributed by atoms with van der Waals surface area (Å²) in [5.41, 5.74) is -1.80. The summed E-state index contributed by atoms with van der Waals surface area (Å²) in [6.45, 7) is -0.499. The lowest BCUT2D eigenvalue weighted by molar-refractivity contribution is -0.138. The number of thioether (sulfide) groups is 1. The Balaban J connectivity index is 1.82. The van der Waals surface area contributed by atoms with Crippen molar-refractivity contribution in [2.45, 2.75) is 6.18 Å². The van der Waals surface area contributed by atoms with Crippen LogP contribution in [0.5, 0.6) is 0 Å². The zero-order chi connectivity index (χ0) is 19.3. The topological polar surface area (TPSA) is 75.7 Å². The molecule has 1 aromatic carbocycles. The zero-order valence-electron chi connectivity index (χ0n) is 13.2. The second-order valence-electron chi connectivity index (χ2n) is 5.07. The van der Waals surface area contributed by atoms with E-state index < -0.39 is 35.8 Å². The van der Waals surface area contributed by atoms with Crippen LogP contribution in [0.2, 0.25) is 0 Å². The maximum absolute atomic E-state index is 12.9. The number of ether oxygens (including phenoxy) is 1. The van der Waals surface area contributed by atoms with E-state index in [-0.39, 0.29) is 24.7 Å². The summed E-state index contributed by atoms with van der Waals surface area (Å²) in [6, 6.07) is 4.14. The van der Waals surface area contributed by atoms with Crippen molar-refractivity contribution in [2.24, 2.45) is 0 Å². The fourth-order valence-electron chi connectivity index (χ4n) is 2.07. The summed E-state index contributed by atoms with van der Waals surface area (Å²) in [5.74, 6) is -1.86. The lowest BCUT2D eigenvalue weighted by Gasteiger charge is -2.15. The van der Waals surface area contributed by atoms with E-state index in [1.165, 1.54) is 22.7 Å². The monoisotopic (exact) mass is 406 g/mol. The normalized spacial score (nSPS) is 14.5. The molecular formula is C15H13F3N2O4S2. The third-order valence-electron chi connectivity index (χ3n) is 3.28. The van der Waals surface area contributed by atoms with E-state index in [9.17, 15) is 27.6 Å². The van der Waals surface area contributed by atoms with Gasteiger partial charge in [0, 0.05) is 13.1 Å². The number of halogens is 3. The highest BCUT2D eigenvalue weighted by atomic mass is 32.2. The molecule has 2 rings (SSSR count). The standard InChI is InChI=1S/C15H13F3N2O4S2/c16-15(17,18)10-4-2-1-3-9(10)13(23)24-7-11(21)19-5-6-20-12(22)8-26-14(20)25/h1-4H,5-8H2,(H,19,21). The summed E-state index contributed by atoms with van der Waals surface area (Å²) in [5, 5.41) is 2.40. The van der Waals surface area contributed by atoms with Gasteiger partial charge in [0.25, 0.3) is 5.91 Å². The number of alkyl halides is 3. The molecule has 1 aliphatic rings. The molecule has 0 saturated carbocycles. The quantitative estimate of drug-likeness (QED) is 0.574. The molecule has 1 aliphatic heterocycles. The van der Waals surface area contributed by atoms with Gasteiger partial charge in [-0.25, -0.2) is 4.79 Å². The van der Waals surface area contributed by atoms with Crippen LogP contribution in [0.4, 0.5) is 13.2 Å². The number of carbonyl (C=O) groups is 3. The second kappa shape index (κ2) is 8.49. The first-order chi connectivity index (χ1) is 12.2. The molecule has 11 heteroatoms. The van der Waals surface area contributed by atoms with Gasteiger partial charge in [-0.2, -0.15) is 13.2 Å². The third kappa shape index (κ3) is 5.18. The highest BCUT2D eigenvalue weighted by Crippen LogP contribution is 2.32. The first-order valence-electron chi connectivity index (χ1n) is 7.27. The van der Waals surface area contributed by atoms with Crippen molar-refractivity contribution in [3.8, 4) is 0 Å². The largest absolute Gasteiger partial charge is 0.452 e. The van der Waals surface area contributed by atoms with Crippen LogP contribution in [0.25, 0.3) is 0 Å². The van der Waals surface area contributed by atoms with Crippen LogP contribution >= 0.6 is 24.0 Å². The van der Waals surface area contributed by atoms with Crippen molar-refractivity contribution in [2.75, 3.05) is 25.4 Å². The van der Waals surface area contributed by atoms with E-state index in [4.69, 9.17) is 12.2 Å². The number of hydrogen-bond donors (Lipinski definition) is 1. The molecule has 26 heavy (non-hydrogen) atoms. The molecule has 1 aromatic rings. The number of nitrogens with one attached hydrogen (secondary N) is 1. The number of benzene rings is 1. The van der Waals surface area contributed by atoms with Crippen molar-refractivity contribution in [1.29, 1.82) is 0 Å². The van der Waals surface area contributed by atoms with Gasteiger partial charge in [-0.3, -0.25) is 14.5 Å². The molecule has 140 valence electrons. The van der Waals surface area contributed by atoms with Crippen LogP contribution in [-0.2, 0) is 20.5 Å². The Morgan fingerprint density at radius 2 is 2.00 bits per heavy atom. The maximum atomic E-state index is 12.9. The highest BCUT2D eigenvalue weighted by Gasteiger charge is 2.35. The van der Waals surface area contributed by atoms with E-state index in [2.05, 4.69) is 10.1 Å². The van der Waals surface area contributed by atoms with Gasteiger partial charge in [0.2, 0.25) is 5.91 Å². The molecule has 0 spiro atoms. The fourth-order valence-corrected chi connectivity index (χ4v) is 3.19. The van der Waals surface area contributed by atoms with E-state index in [0.717, 1.165) is 18.2 Å². The second-order valence-corrected chi connectivity index (χ2v) is 6.68. The summed E-state index contributed by atoms with van der Waals surface area (Å²) in [6.07, 6.45) is -4.71. The summed E-state index contributed by atoms with van der Waals surface area (Å²) in [7, 11) is 0. The van der Waals surface area contributed by atoms with Gasteiger partial charge < -0.3 is 10.1 Å². The van der Waals surface area contributed by atoms with Crippen LogP contribution in [0.15, 0.2) is 24.3 Å². The molecule has 2 amide bonds. The van der Waals surface area contributed by atoms with Gasteiger partial charge >= 0.3 is 12.1 Å². The minimum Gasteiger partial charge on any atom is -0.452 e. The van der Waals surface area contributed by atoms with Crippen LogP contribution in [0, 0.1) is 0 Å². The molecule has 0 radical (unpaired) electrons. The average Bonchev–Trinajstić information content (AvgIpc) is 2.91. The van der Waals surface area contributed by atoms with E-state index in [1.807, 2.05) is 0 Å². The number of nitrogens with zero attached hydrogens (tertiary/aromatic N) is 1. The van der Waals surface area contributed by atoms with Gasteiger partial charge in [0.1, 0.15) is 4.32 Å². The predicted octanol–water partition coefficient (Wildman–Crippen LogP) is 1.84. The molecule has 0 aliphatic carbocycles. The Labute approximate surface area is 156 Å². The number of carbonyl (C=O) groups excluding carboxylic acids is 3. The molecule has 1 heterocycles. The van der Waals surface area contributed by atoms with Gasteiger partial charge in [-0.05, 0) is 12.1 Å². The van der Waals surface area contributed by atoms with Gasteiger partial charge in [0.15, 0.2) is 6.61 Å². The molecule has 1 saturated heterocycles. The van der Waals surface area contributed by atoms with E-state index in [1.54, 1.807) is 0 Å². The molecule has 1 fully saturated rings. The molecule has 1 N–H and O–H groups in total. The minimum atomic E-state index is -4.71. The summed E-state index contributed by atoms with van der Waals surface area (Å²) in [4.78, 5) is 36.3. The van der Waals surface area contributed by atoms with Gasteiger partial charge in [-0.15, -0.1) is 0 Å². The molecule has 0 aromatic heterocycles. The van der Waals surface area contributed by atoms with E-state index >= 15 is 0 Å². The number of thiocarbonyl (C=S) groups is 1. The molecule has 6 nitrogen and oxygen atoms in total. The first kappa shape index (κ1) is 20.2. The molecule has 0 unspecified atom stereocenters. The first-order valence-corrected chi connectivity index (χ1v) is 8.66. The highest BCUT2D eigenvalue weighted by molar-refractivity contribution is 8.23. The summed E-state index contributed by atoms with van der Waals surface area (Å²) < 4.78 is 43.6. The maximum Gasteiger partial charge on any atom is 0.417 e. The van der Waals surface area contributed by atoms with Crippen molar-refractivity contribution in [3.05, 3.63) is 35.4 Å². The molecule has 0 bridgehead atoms. The number of amides is 2. The van der Waals surface area contributed by atoms with Crippen LogP contribution in [0.1, 0.15) is 15.9 Å². The lowest BCUT2D eigenvalue weighted by Crippen LogP contribution is -2.38. The van der Waals surface area contributed by atoms with Crippen molar-refractivity contribution >= 4 is 46.1 Å². The number of hydrogen-bond acceptors (Lipinski definition) is 6. The average molecular weight is 406 g/mol. The zero-order valence-corrected chi connectivity index (χ0v) is 14.8. The SMILES string of the molecule is O=C(COC(=O)c1ccccc1C(F)(F)F)NCCN1C(=O)CSC1=S. The Hall–Kier alpha value is -2.14. The number of esters is 1. The molecular weight excluding hydrogens is 393 g/mol. The van der Waals surface area contributed by atoms with Crippen molar-refractivity contribution < 1.29 is 32.3 Å². The van der Waals surface area contributed by atoms with Crippen LogP contribution in [0.3, 0.4) is 0 Å². The predicted molar refractivity (Wildman–Crippen MR) is 91.5 cm³/mol. The van der Waals surface area contributed by atoms with Gasteiger partial charge in [0.05, 0.1) is 16.9 Å². The Morgan fingerprint density at radius 3 is 2.62 bits per heavy atom. The van der Waals surface area contributed by atoms with Crippen LogP contribution < -0.4 is 5.32 Å². The summed E-state index contributed by atoms with van der Waals surface area (Å²) >= 11 is 6.19. The van der Waals surface area contributed by atoms with Crippen LogP contribution in [-0.4, -0.2) is 52.5 Å². The lowest BCUT2D eigenvalue weighted by atomic mass is 10.1. The molecule has 0 atom stereocenters. The van der Waals surface area contributed by atoms with Crippen molar-refractivity contribution in [1.82, 2.24) is 10.2 Å². The third-order valence-corrected chi connectivity index (χ3v) is 4.72. The fraction of sp³-hybridized carbons (Fsp3) is 0.333. The Bertz CT molecular complexity index is 724. The Morgan fingerprint density at radius 1 is 1.31 bits per heavy atom. The number of rotatable bonds is 6. The Kier molecular flexibility index (Phi) is 6.59. The van der Waals surface area contributed by atoms with E-state index in [0.29, 0.717) is 4.32 Å². The van der Waals surface area contributed by atoms with Gasteiger partial charge in [-0.1, -0.05) is 36.1 Å².